The van der Waals surface area contributed by atoms with E-state index in [0.29, 0.717) is 0 Å². The van der Waals surface area contributed by atoms with E-state index in [2.05, 4.69) is 24.3 Å². The number of thioether (sulfide) groups is 2. The first kappa shape index (κ1) is 17.8. The molecule has 0 fully saturated rings. The number of hydrogen-bond donors (Lipinski definition) is 0. The Kier molecular flexibility index (Phi) is 11.1. The first-order valence-electron chi connectivity index (χ1n) is 6.34. The molecular formula is C16H18Cl2S2. The molecule has 2 rings (SSSR count). The van der Waals surface area contributed by atoms with E-state index in [1.165, 1.54) is 9.79 Å². The molecule has 4 heteroatoms. The third-order valence-corrected chi connectivity index (χ3v) is 5.03. The summed E-state index contributed by atoms with van der Waals surface area (Å²) in [4.78, 5) is 2.59. The normalized spacial score (nSPS) is 9.70. The minimum Gasteiger partial charge on any atom is -0.126 e. The number of benzene rings is 2. The largest absolute Gasteiger partial charge is 0.126 e. The van der Waals surface area contributed by atoms with Gasteiger partial charge in [0.05, 0.1) is 0 Å². The first-order valence-corrected chi connectivity index (χ1v) is 9.38. The van der Waals surface area contributed by atoms with E-state index in [1.54, 1.807) is 23.5 Å². The molecule has 0 radical (unpaired) electrons. The van der Waals surface area contributed by atoms with E-state index in [9.17, 15) is 0 Å². The van der Waals surface area contributed by atoms with Gasteiger partial charge in [-0.15, -0.1) is 46.7 Å². The fourth-order valence-corrected chi connectivity index (χ4v) is 3.13. The van der Waals surface area contributed by atoms with Crippen LogP contribution in [0.3, 0.4) is 0 Å². The Balaban J connectivity index is 0.000000200. The molecule has 0 saturated heterocycles. The molecule has 2 aromatic carbocycles. The maximum absolute atomic E-state index is 5.53. The van der Waals surface area contributed by atoms with Gasteiger partial charge in [0.15, 0.2) is 0 Å². The van der Waals surface area contributed by atoms with Crippen LogP contribution in [0.5, 0.6) is 0 Å². The summed E-state index contributed by atoms with van der Waals surface area (Å²) in [5, 5.41) is 0. The summed E-state index contributed by atoms with van der Waals surface area (Å²) in [7, 11) is 0. The van der Waals surface area contributed by atoms with Gasteiger partial charge in [-0.25, -0.2) is 0 Å². The Morgan fingerprint density at radius 3 is 1.25 bits per heavy atom. The van der Waals surface area contributed by atoms with Gasteiger partial charge in [0, 0.05) is 33.1 Å². The zero-order valence-corrected chi connectivity index (χ0v) is 14.3. The van der Waals surface area contributed by atoms with Crippen molar-refractivity contribution >= 4 is 46.7 Å². The van der Waals surface area contributed by atoms with Crippen LogP contribution in [-0.2, 0) is 0 Å². The maximum Gasteiger partial charge on any atom is 0.0317 e. The van der Waals surface area contributed by atoms with Gasteiger partial charge in [0.2, 0.25) is 0 Å². The molecule has 2 aromatic rings. The van der Waals surface area contributed by atoms with Gasteiger partial charge in [-0.3, -0.25) is 0 Å². The quantitative estimate of drug-likeness (QED) is 0.463. The second-order valence-corrected chi connectivity index (χ2v) is 6.79. The van der Waals surface area contributed by atoms with Crippen LogP contribution in [0.25, 0.3) is 0 Å². The topological polar surface area (TPSA) is 0 Å². The second kappa shape index (κ2) is 12.5. The van der Waals surface area contributed by atoms with E-state index >= 15 is 0 Å². The van der Waals surface area contributed by atoms with Crippen LogP contribution in [0.1, 0.15) is 0 Å². The van der Waals surface area contributed by atoms with Crippen LogP contribution in [0, 0.1) is 0 Å². The standard InChI is InChI=1S/2C8H9ClS/c2*9-6-7-10-8-4-2-1-3-5-8/h2*1-5H,6-7H2. The van der Waals surface area contributed by atoms with Gasteiger partial charge in [-0.2, -0.15) is 0 Å². The lowest BCUT2D eigenvalue weighted by atomic mass is 10.4. The van der Waals surface area contributed by atoms with Crippen LogP contribution in [-0.4, -0.2) is 23.3 Å². The van der Waals surface area contributed by atoms with Crippen molar-refractivity contribution in [3.05, 3.63) is 60.7 Å². The first-order chi connectivity index (χ1) is 9.86. The third-order valence-electron chi connectivity index (χ3n) is 2.18. The van der Waals surface area contributed by atoms with Gasteiger partial charge in [0.1, 0.15) is 0 Å². The van der Waals surface area contributed by atoms with Crippen molar-refractivity contribution in [3.63, 3.8) is 0 Å². The Bertz CT molecular complexity index is 391. The summed E-state index contributed by atoms with van der Waals surface area (Å²) in [5.74, 6) is 3.43. The summed E-state index contributed by atoms with van der Waals surface area (Å²) < 4.78 is 0. The summed E-state index contributed by atoms with van der Waals surface area (Å²) in [6.07, 6.45) is 0. The van der Waals surface area contributed by atoms with E-state index in [1.807, 2.05) is 36.4 Å². The van der Waals surface area contributed by atoms with Crippen molar-refractivity contribution in [2.24, 2.45) is 0 Å². The molecule has 0 aliphatic carbocycles. The van der Waals surface area contributed by atoms with Crippen LogP contribution < -0.4 is 0 Å². The van der Waals surface area contributed by atoms with Crippen molar-refractivity contribution < 1.29 is 0 Å². The molecule has 0 N–H and O–H groups in total. The van der Waals surface area contributed by atoms with E-state index in [4.69, 9.17) is 23.2 Å². The summed E-state index contributed by atoms with van der Waals surface area (Å²) in [6.45, 7) is 0. The second-order valence-electron chi connectivity index (χ2n) is 3.70. The highest BCUT2D eigenvalue weighted by atomic mass is 35.5. The molecule has 0 aliphatic rings. The highest BCUT2D eigenvalue weighted by molar-refractivity contribution is 7.99. The smallest absolute Gasteiger partial charge is 0.0317 e. The van der Waals surface area contributed by atoms with Gasteiger partial charge in [0.25, 0.3) is 0 Å². The molecule has 20 heavy (non-hydrogen) atoms. The Morgan fingerprint density at radius 2 is 0.950 bits per heavy atom. The lowest BCUT2D eigenvalue weighted by molar-refractivity contribution is 1.43. The zero-order chi connectivity index (χ0) is 14.5. The molecular weight excluding hydrogens is 327 g/mol. The summed E-state index contributed by atoms with van der Waals surface area (Å²) in [5.41, 5.74) is 0. The van der Waals surface area contributed by atoms with Gasteiger partial charge < -0.3 is 0 Å². The van der Waals surface area contributed by atoms with E-state index in [0.717, 1.165) is 23.3 Å². The highest BCUT2D eigenvalue weighted by Gasteiger charge is 1.89. The van der Waals surface area contributed by atoms with Gasteiger partial charge in [-0.1, -0.05) is 36.4 Å². The molecule has 0 bridgehead atoms. The Labute approximate surface area is 140 Å². The lowest BCUT2D eigenvalue weighted by Gasteiger charge is -1.95. The van der Waals surface area contributed by atoms with Gasteiger partial charge >= 0.3 is 0 Å². The molecule has 0 spiro atoms. The van der Waals surface area contributed by atoms with Crippen molar-refractivity contribution in [1.29, 1.82) is 0 Å². The van der Waals surface area contributed by atoms with E-state index < -0.39 is 0 Å². The van der Waals surface area contributed by atoms with Gasteiger partial charge in [-0.05, 0) is 24.3 Å². The molecule has 0 nitrogen and oxygen atoms in total. The van der Waals surface area contributed by atoms with Crippen LogP contribution in [0.4, 0.5) is 0 Å². The highest BCUT2D eigenvalue weighted by Crippen LogP contribution is 2.17. The average Bonchev–Trinajstić information content (AvgIpc) is 2.53. The molecule has 0 atom stereocenters. The fraction of sp³-hybridized carbons (Fsp3) is 0.250. The van der Waals surface area contributed by atoms with Crippen LogP contribution in [0.2, 0.25) is 0 Å². The van der Waals surface area contributed by atoms with Crippen LogP contribution in [0.15, 0.2) is 70.5 Å². The molecule has 0 unspecified atom stereocenters. The molecule has 0 aromatic heterocycles. The van der Waals surface area contributed by atoms with Crippen molar-refractivity contribution in [2.45, 2.75) is 9.79 Å². The van der Waals surface area contributed by atoms with Crippen molar-refractivity contribution in [1.82, 2.24) is 0 Å². The number of halogens is 2. The third kappa shape index (κ3) is 8.80. The lowest BCUT2D eigenvalue weighted by Crippen LogP contribution is -1.77. The minimum absolute atomic E-state index is 0.722. The molecule has 108 valence electrons. The number of hydrogen-bond acceptors (Lipinski definition) is 2. The van der Waals surface area contributed by atoms with Crippen LogP contribution >= 0.6 is 46.7 Å². The number of alkyl halides is 2. The molecule has 0 amide bonds. The summed E-state index contributed by atoms with van der Waals surface area (Å²) >= 11 is 14.6. The maximum atomic E-state index is 5.53. The SMILES string of the molecule is ClCCSc1ccccc1.ClCCSc1ccccc1. The average molecular weight is 345 g/mol. The fourth-order valence-electron chi connectivity index (χ4n) is 1.35. The molecule has 0 heterocycles. The Hall–Kier alpha value is -0.280. The minimum atomic E-state index is 0.722. The predicted molar refractivity (Wildman–Crippen MR) is 95.8 cm³/mol. The molecule has 0 saturated carbocycles. The van der Waals surface area contributed by atoms with Crippen molar-refractivity contribution in [2.75, 3.05) is 23.3 Å². The zero-order valence-electron chi connectivity index (χ0n) is 11.2. The number of rotatable bonds is 6. The monoisotopic (exact) mass is 344 g/mol. The van der Waals surface area contributed by atoms with E-state index in [-0.39, 0.29) is 0 Å². The molecule has 0 aliphatic heterocycles. The van der Waals surface area contributed by atoms with Crippen molar-refractivity contribution in [3.8, 4) is 0 Å². The summed E-state index contributed by atoms with van der Waals surface area (Å²) in [6, 6.07) is 20.6. The Morgan fingerprint density at radius 1 is 0.600 bits per heavy atom. The predicted octanol–water partition coefficient (Wildman–Crippen LogP) is 6.04.